The third-order valence-corrected chi connectivity index (χ3v) is 4.65. The smallest absolute Gasteiger partial charge is 0.276 e. The number of hydrogen-bond acceptors (Lipinski definition) is 4. The Morgan fingerprint density at radius 3 is 2.57 bits per heavy atom. The van der Waals surface area contributed by atoms with E-state index in [0.717, 1.165) is 10.9 Å². The van der Waals surface area contributed by atoms with Crippen LogP contribution in [0.5, 0.6) is 5.75 Å². The van der Waals surface area contributed by atoms with Crippen LogP contribution in [0, 0.1) is 0 Å². The third-order valence-electron chi connectivity index (χ3n) is 2.88. The molecule has 2 rings (SSSR count). The number of rotatable bonds is 7. The Hall–Kier alpha value is -1.86. The second-order valence-corrected chi connectivity index (χ2v) is 7.27. The fraction of sp³-hybridized carbons (Fsp3) is 0.188. The molecule has 0 aromatic heterocycles. The normalized spacial score (nSPS) is 11.6. The predicted octanol–water partition coefficient (Wildman–Crippen LogP) is 3.55. The first-order valence-corrected chi connectivity index (χ1v) is 9.33. The van der Waals surface area contributed by atoms with Crippen LogP contribution in [0.2, 0.25) is 0 Å². The van der Waals surface area contributed by atoms with Crippen molar-refractivity contribution < 1.29 is 13.2 Å². The zero-order valence-electron chi connectivity index (χ0n) is 12.6. The molecule has 0 aliphatic heterocycles. The van der Waals surface area contributed by atoms with Crippen molar-refractivity contribution in [2.75, 3.05) is 6.61 Å². The highest BCUT2D eigenvalue weighted by Crippen LogP contribution is 2.17. The van der Waals surface area contributed by atoms with Gasteiger partial charge in [0, 0.05) is 10.0 Å². The Kier molecular flexibility index (Phi) is 6.18. The van der Waals surface area contributed by atoms with E-state index in [2.05, 4.69) is 25.9 Å². The van der Waals surface area contributed by atoms with Gasteiger partial charge in [0.2, 0.25) is 0 Å². The monoisotopic (exact) mass is 396 g/mol. The topological polar surface area (TPSA) is 67.8 Å². The number of hydrazone groups is 1. The van der Waals surface area contributed by atoms with E-state index in [1.165, 1.54) is 18.3 Å². The molecule has 0 atom stereocenters. The van der Waals surface area contributed by atoms with E-state index in [0.29, 0.717) is 17.9 Å². The van der Waals surface area contributed by atoms with E-state index in [-0.39, 0.29) is 4.90 Å². The maximum atomic E-state index is 12.1. The van der Waals surface area contributed by atoms with Gasteiger partial charge in [-0.05, 0) is 42.8 Å². The molecule has 1 N–H and O–H groups in total. The molecule has 0 bridgehead atoms. The van der Waals surface area contributed by atoms with Gasteiger partial charge in [0.05, 0.1) is 17.7 Å². The van der Waals surface area contributed by atoms with Gasteiger partial charge in [0.15, 0.2) is 0 Å². The molecule has 2 aromatic carbocycles. The lowest BCUT2D eigenvalue weighted by molar-refractivity contribution is 0.317. The number of ether oxygens (including phenoxy) is 1. The summed E-state index contributed by atoms with van der Waals surface area (Å²) in [6, 6.07) is 13.6. The summed E-state index contributed by atoms with van der Waals surface area (Å²) in [5, 5.41) is 3.83. The van der Waals surface area contributed by atoms with Gasteiger partial charge in [0.1, 0.15) is 5.75 Å². The van der Waals surface area contributed by atoms with E-state index < -0.39 is 10.0 Å². The first-order chi connectivity index (χ1) is 11.0. The van der Waals surface area contributed by atoms with Gasteiger partial charge in [-0.25, -0.2) is 4.83 Å². The number of hydrogen-bond donors (Lipinski definition) is 1. The van der Waals surface area contributed by atoms with E-state index in [1.54, 1.807) is 12.1 Å². The van der Waals surface area contributed by atoms with Gasteiger partial charge in [-0.3, -0.25) is 0 Å². The van der Waals surface area contributed by atoms with Crippen LogP contribution in [0.3, 0.4) is 0 Å². The summed E-state index contributed by atoms with van der Waals surface area (Å²) >= 11 is 3.27. The lowest BCUT2D eigenvalue weighted by atomic mass is 10.2. The van der Waals surface area contributed by atoms with Crippen LogP contribution in [0.25, 0.3) is 0 Å². The summed E-state index contributed by atoms with van der Waals surface area (Å²) in [4.78, 5) is 2.34. The molecule has 0 saturated heterocycles. The molecule has 5 nitrogen and oxygen atoms in total. The highest BCUT2D eigenvalue weighted by atomic mass is 79.9. The van der Waals surface area contributed by atoms with Crippen LogP contribution < -0.4 is 9.57 Å². The number of benzene rings is 2. The van der Waals surface area contributed by atoms with Crippen molar-refractivity contribution in [3.63, 3.8) is 0 Å². The van der Waals surface area contributed by atoms with Crippen molar-refractivity contribution in [3.8, 4) is 5.75 Å². The standard InChI is InChI=1S/C16H17BrN2O3S/c1-2-11-22-16-6-4-3-5-13(16)12-18-19-23(20,21)15-9-7-14(17)8-10-15/h3-10,12,19H,2,11H2,1H3/b18-12+. The minimum absolute atomic E-state index is 0.147. The summed E-state index contributed by atoms with van der Waals surface area (Å²) < 4.78 is 30.6. The summed E-state index contributed by atoms with van der Waals surface area (Å²) in [5.41, 5.74) is 0.708. The Morgan fingerprint density at radius 1 is 1.17 bits per heavy atom. The third kappa shape index (κ3) is 5.07. The van der Waals surface area contributed by atoms with Crippen LogP contribution in [-0.2, 0) is 10.0 Å². The number of para-hydroxylation sites is 1. The number of halogens is 1. The lowest BCUT2D eigenvalue weighted by Crippen LogP contribution is -2.18. The van der Waals surface area contributed by atoms with Gasteiger partial charge in [-0.1, -0.05) is 35.0 Å². The molecule has 0 saturated carbocycles. The lowest BCUT2D eigenvalue weighted by Gasteiger charge is -2.07. The highest BCUT2D eigenvalue weighted by molar-refractivity contribution is 9.10. The number of nitrogens with one attached hydrogen (secondary N) is 1. The fourth-order valence-corrected chi connectivity index (χ4v) is 2.82. The molecule has 0 radical (unpaired) electrons. The summed E-state index contributed by atoms with van der Waals surface area (Å²) in [5.74, 6) is 0.668. The van der Waals surface area contributed by atoms with Gasteiger partial charge < -0.3 is 4.74 Å². The maximum Gasteiger partial charge on any atom is 0.276 e. The van der Waals surface area contributed by atoms with Crippen LogP contribution >= 0.6 is 15.9 Å². The molecular weight excluding hydrogens is 380 g/mol. The summed E-state index contributed by atoms with van der Waals surface area (Å²) in [7, 11) is -3.69. The molecule has 0 aliphatic carbocycles. The molecule has 0 amide bonds. The van der Waals surface area contributed by atoms with Crippen molar-refractivity contribution in [2.24, 2.45) is 5.10 Å². The van der Waals surface area contributed by atoms with E-state index in [4.69, 9.17) is 4.74 Å². The van der Waals surface area contributed by atoms with Crippen LogP contribution in [0.1, 0.15) is 18.9 Å². The van der Waals surface area contributed by atoms with Crippen molar-refractivity contribution >= 4 is 32.2 Å². The Labute approximate surface area is 144 Å². The minimum atomic E-state index is -3.69. The zero-order chi connectivity index (χ0) is 16.7. The molecule has 122 valence electrons. The van der Waals surface area contributed by atoms with E-state index in [9.17, 15) is 8.42 Å². The minimum Gasteiger partial charge on any atom is -0.493 e. The van der Waals surface area contributed by atoms with Crippen molar-refractivity contribution in [2.45, 2.75) is 18.2 Å². The number of sulfonamides is 1. The Morgan fingerprint density at radius 2 is 1.87 bits per heavy atom. The van der Waals surface area contributed by atoms with Crippen molar-refractivity contribution in [3.05, 3.63) is 58.6 Å². The average molecular weight is 397 g/mol. The first kappa shape index (κ1) is 17.5. The van der Waals surface area contributed by atoms with Crippen molar-refractivity contribution in [1.29, 1.82) is 0 Å². The SMILES string of the molecule is CCCOc1ccccc1/C=N/NS(=O)(=O)c1ccc(Br)cc1. The molecule has 0 heterocycles. The first-order valence-electron chi connectivity index (χ1n) is 7.05. The average Bonchev–Trinajstić information content (AvgIpc) is 2.54. The maximum absolute atomic E-state index is 12.1. The zero-order valence-corrected chi connectivity index (χ0v) is 15.0. The summed E-state index contributed by atoms with van der Waals surface area (Å²) in [6.45, 7) is 2.61. The molecule has 23 heavy (non-hydrogen) atoms. The molecule has 7 heteroatoms. The molecule has 0 unspecified atom stereocenters. The fourth-order valence-electron chi connectivity index (χ4n) is 1.76. The predicted molar refractivity (Wildman–Crippen MR) is 94.3 cm³/mol. The Bertz CT molecular complexity index is 774. The molecular formula is C16H17BrN2O3S. The van der Waals surface area contributed by atoms with Gasteiger partial charge in [-0.15, -0.1) is 0 Å². The largest absolute Gasteiger partial charge is 0.493 e. The van der Waals surface area contributed by atoms with Crippen LogP contribution in [0.4, 0.5) is 0 Å². The molecule has 2 aromatic rings. The number of nitrogens with zero attached hydrogens (tertiary/aromatic N) is 1. The molecule has 0 fully saturated rings. The second kappa shape index (κ2) is 8.12. The van der Waals surface area contributed by atoms with Gasteiger partial charge in [0.25, 0.3) is 10.0 Å². The molecule has 0 aliphatic rings. The van der Waals surface area contributed by atoms with Crippen LogP contribution in [0.15, 0.2) is 63.0 Å². The quantitative estimate of drug-likeness (QED) is 0.574. The molecule has 0 spiro atoms. The van der Waals surface area contributed by atoms with Gasteiger partial charge >= 0.3 is 0 Å². The highest BCUT2D eigenvalue weighted by Gasteiger charge is 2.12. The van der Waals surface area contributed by atoms with E-state index >= 15 is 0 Å². The van der Waals surface area contributed by atoms with E-state index in [1.807, 2.05) is 31.2 Å². The second-order valence-electron chi connectivity index (χ2n) is 4.69. The summed E-state index contributed by atoms with van der Waals surface area (Å²) in [6.07, 6.45) is 2.32. The van der Waals surface area contributed by atoms with Crippen molar-refractivity contribution in [1.82, 2.24) is 4.83 Å². The van der Waals surface area contributed by atoms with Gasteiger partial charge in [-0.2, -0.15) is 13.5 Å². The Balaban J connectivity index is 2.11. The van der Waals surface area contributed by atoms with Crippen LogP contribution in [-0.4, -0.2) is 21.2 Å².